The van der Waals surface area contributed by atoms with Crippen molar-refractivity contribution < 1.29 is 45.6 Å². The molecule has 49 heavy (non-hydrogen) atoms. The first kappa shape index (κ1) is 37.2. The van der Waals surface area contributed by atoms with Crippen LogP contribution >= 0.6 is 10.5 Å². The summed E-state index contributed by atoms with van der Waals surface area (Å²) in [6.07, 6.45) is 0. The third kappa shape index (κ3) is 8.69. The van der Waals surface area contributed by atoms with Crippen LogP contribution in [-0.2, 0) is 34.8 Å². The molecule has 0 atom stereocenters. The fourth-order valence-corrected chi connectivity index (χ4v) is 7.81. The van der Waals surface area contributed by atoms with Crippen LogP contribution in [0.4, 0.5) is 8.78 Å². The Morgan fingerprint density at radius 3 is 1.84 bits per heavy atom. The SMILES string of the molecule is C=C(C)C(=O)OCC(F)(F)S(=O)(=O)[O-].Cc1cc(-[s+]2c3ccccc3c3ccccc32)cc(C)c1OCC(=O)OC(C)(C)c1ccccc1. The van der Waals surface area contributed by atoms with Crippen molar-refractivity contribution in [3.8, 4) is 10.6 Å². The molecule has 8 nitrogen and oxygen atoms in total. The number of carbonyl (C=O) groups is 2. The summed E-state index contributed by atoms with van der Waals surface area (Å²) in [6.45, 7) is 10.2. The van der Waals surface area contributed by atoms with Gasteiger partial charge in [0.05, 0.1) is 0 Å². The fourth-order valence-electron chi connectivity index (χ4n) is 5.05. The summed E-state index contributed by atoms with van der Waals surface area (Å²) in [6, 6.07) is 31.5. The first-order valence-electron chi connectivity index (χ1n) is 15.0. The predicted molar refractivity (Wildman–Crippen MR) is 186 cm³/mol. The number of fused-ring (bicyclic) bond motifs is 3. The van der Waals surface area contributed by atoms with Crippen molar-refractivity contribution in [3.05, 3.63) is 120 Å². The molecule has 0 aliphatic carbocycles. The Hall–Kier alpha value is -4.65. The minimum atomic E-state index is -5.81. The molecule has 1 heterocycles. The number of rotatable bonds is 10. The molecule has 258 valence electrons. The maximum atomic E-state index is 12.6. The van der Waals surface area contributed by atoms with Crippen LogP contribution in [0.2, 0.25) is 0 Å². The van der Waals surface area contributed by atoms with Crippen molar-refractivity contribution in [1.82, 2.24) is 0 Å². The quantitative estimate of drug-likeness (QED) is 0.0613. The molecular weight excluding hydrogens is 675 g/mol. The lowest BCUT2D eigenvalue weighted by Gasteiger charge is -2.25. The molecule has 0 spiro atoms. The molecule has 0 N–H and O–H groups in total. The number of halogens is 2. The molecular formula is C37H36F2O8S2. The summed E-state index contributed by atoms with van der Waals surface area (Å²) in [4.78, 5) is 24.5. The van der Waals surface area contributed by atoms with Crippen molar-refractivity contribution in [2.45, 2.75) is 45.5 Å². The zero-order chi connectivity index (χ0) is 36.1. The third-order valence-corrected chi connectivity index (χ3v) is 10.6. The third-order valence-electron chi connectivity index (χ3n) is 7.43. The topological polar surface area (TPSA) is 119 Å². The summed E-state index contributed by atoms with van der Waals surface area (Å²) in [5.41, 5.74) is 2.08. The summed E-state index contributed by atoms with van der Waals surface area (Å²) >= 11 is 0. The Morgan fingerprint density at radius 2 is 1.35 bits per heavy atom. The van der Waals surface area contributed by atoms with E-state index in [1.54, 1.807) is 0 Å². The highest BCUT2D eigenvalue weighted by Crippen LogP contribution is 2.49. The monoisotopic (exact) mass is 710 g/mol. The first-order valence-corrected chi connectivity index (χ1v) is 17.7. The van der Waals surface area contributed by atoms with Crippen molar-refractivity contribution in [2.24, 2.45) is 0 Å². The van der Waals surface area contributed by atoms with Gasteiger partial charge in [0.2, 0.25) is 0 Å². The Kier molecular flexibility index (Phi) is 11.3. The van der Waals surface area contributed by atoms with Crippen LogP contribution in [0.1, 0.15) is 37.5 Å². The van der Waals surface area contributed by atoms with E-state index < -0.39 is 33.5 Å². The molecule has 0 saturated heterocycles. The van der Waals surface area contributed by atoms with Crippen molar-refractivity contribution in [2.75, 3.05) is 13.2 Å². The molecule has 4 aromatic carbocycles. The average Bonchev–Trinajstić information content (AvgIpc) is 3.37. The second-order valence-corrected chi connectivity index (χ2v) is 15.2. The van der Waals surface area contributed by atoms with Gasteiger partial charge in [0.15, 0.2) is 37.6 Å². The van der Waals surface area contributed by atoms with E-state index in [9.17, 15) is 31.3 Å². The van der Waals surface area contributed by atoms with Crippen LogP contribution in [0, 0.1) is 13.8 Å². The Morgan fingerprint density at radius 1 is 0.857 bits per heavy atom. The zero-order valence-electron chi connectivity index (χ0n) is 27.6. The highest BCUT2D eigenvalue weighted by molar-refractivity contribution is 7.86. The number of alkyl halides is 2. The van der Waals surface area contributed by atoms with E-state index in [4.69, 9.17) is 9.47 Å². The van der Waals surface area contributed by atoms with Gasteiger partial charge in [-0.3, -0.25) is 0 Å². The van der Waals surface area contributed by atoms with Gasteiger partial charge in [-0.1, -0.05) is 61.2 Å². The second kappa shape index (κ2) is 14.9. The van der Waals surface area contributed by atoms with Crippen molar-refractivity contribution in [3.63, 3.8) is 0 Å². The number of esters is 2. The van der Waals surface area contributed by atoms with E-state index in [0.717, 1.165) is 22.4 Å². The van der Waals surface area contributed by atoms with Crippen LogP contribution in [0.3, 0.4) is 0 Å². The van der Waals surface area contributed by atoms with Crippen LogP contribution in [0.5, 0.6) is 5.75 Å². The summed E-state index contributed by atoms with van der Waals surface area (Å²) < 4.78 is 72.7. The highest BCUT2D eigenvalue weighted by atomic mass is 32.2. The van der Waals surface area contributed by atoms with Gasteiger partial charge >= 0.3 is 17.2 Å². The van der Waals surface area contributed by atoms with Gasteiger partial charge in [0.1, 0.15) is 11.4 Å². The number of hydrogen-bond acceptors (Lipinski definition) is 8. The molecule has 5 aromatic rings. The molecule has 12 heteroatoms. The molecule has 5 rings (SSSR count). The highest BCUT2D eigenvalue weighted by Gasteiger charge is 2.39. The maximum absolute atomic E-state index is 12.6. The lowest BCUT2D eigenvalue weighted by Crippen LogP contribution is -2.34. The Labute approximate surface area is 286 Å². The number of benzene rings is 4. The molecule has 0 unspecified atom stereocenters. The summed E-state index contributed by atoms with van der Waals surface area (Å²) in [5.74, 6) is -0.830. The maximum Gasteiger partial charge on any atom is 0.367 e. The van der Waals surface area contributed by atoms with Gasteiger partial charge in [-0.15, -0.1) is 0 Å². The van der Waals surface area contributed by atoms with E-state index in [1.165, 1.54) is 32.0 Å². The average molecular weight is 711 g/mol. The van der Waals surface area contributed by atoms with E-state index in [-0.39, 0.29) is 28.6 Å². The van der Waals surface area contributed by atoms with Gasteiger partial charge in [-0.05, 0) is 75.6 Å². The molecule has 0 amide bonds. The number of hydrogen-bond donors (Lipinski definition) is 0. The van der Waals surface area contributed by atoms with Crippen LogP contribution in [0.25, 0.3) is 25.1 Å². The van der Waals surface area contributed by atoms with Crippen molar-refractivity contribution >= 4 is 52.7 Å². The normalized spacial score (nSPS) is 11.8. The summed E-state index contributed by atoms with van der Waals surface area (Å²) in [5, 5.41) is -1.99. The molecule has 0 aliphatic rings. The molecule has 0 saturated carbocycles. The van der Waals surface area contributed by atoms with E-state index in [1.807, 2.05) is 58.0 Å². The van der Waals surface area contributed by atoms with Gasteiger partial charge in [-0.25, -0.2) is 18.0 Å². The van der Waals surface area contributed by atoms with Crippen LogP contribution < -0.4 is 4.74 Å². The van der Waals surface area contributed by atoms with Gasteiger partial charge in [0.25, 0.3) is 0 Å². The number of carbonyl (C=O) groups excluding carboxylic acids is 2. The summed E-state index contributed by atoms with van der Waals surface area (Å²) in [7, 11) is -5.98. The molecule has 0 bridgehead atoms. The standard InChI is InChI=1S/C31H29O3S.C6H8F2O5S/c1-21-18-24(35-27-16-10-8-14-25(27)26-15-9-11-17-28(26)35)19-22(2)30(21)33-20-29(32)34-31(3,4)23-12-6-5-7-13-23;1-4(2)5(9)13-3-6(7,8)14(10,11)12/h5-19H,20H2,1-4H3;1,3H2,2H3,(H,10,11,12)/q+1;/p-1. The molecule has 0 aliphatic heterocycles. The van der Waals surface area contributed by atoms with Gasteiger partial charge in [0, 0.05) is 38.9 Å². The van der Waals surface area contributed by atoms with E-state index in [2.05, 4.69) is 72.0 Å². The zero-order valence-corrected chi connectivity index (χ0v) is 29.3. The number of aryl methyl sites for hydroxylation is 2. The Balaban J connectivity index is 0.000000328. The van der Waals surface area contributed by atoms with Crippen molar-refractivity contribution in [1.29, 1.82) is 0 Å². The first-order chi connectivity index (χ1) is 22.9. The van der Waals surface area contributed by atoms with Crippen LogP contribution in [0.15, 0.2) is 103 Å². The largest absolute Gasteiger partial charge is 0.743 e. The number of thiophene rings is 1. The molecule has 0 radical (unpaired) electrons. The second-order valence-electron chi connectivity index (χ2n) is 11.8. The smallest absolute Gasteiger partial charge is 0.367 e. The molecule has 0 fully saturated rings. The molecule has 1 aromatic heterocycles. The lowest BCUT2D eigenvalue weighted by atomic mass is 9.98. The fraction of sp³-hybridized carbons (Fsp3) is 0.243. The van der Waals surface area contributed by atoms with E-state index >= 15 is 0 Å². The van der Waals surface area contributed by atoms with E-state index in [0.29, 0.717) is 0 Å². The van der Waals surface area contributed by atoms with Crippen LogP contribution in [-0.4, -0.2) is 43.4 Å². The minimum absolute atomic E-state index is 0.130. The number of ether oxygens (including phenoxy) is 3. The minimum Gasteiger partial charge on any atom is -0.743 e. The lowest BCUT2D eigenvalue weighted by molar-refractivity contribution is -0.160. The van der Waals surface area contributed by atoms with Gasteiger partial charge in [-0.2, -0.15) is 8.78 Å². The predicted octanol–water partition coefficient (Wildman–Crippen LogP) is 8.45. The Bertz CT molecular complexity index is 2040. The van der Waals surface area contributed by atoms with Gasteiger partial charge < -0.3 is 18.8 Å².